The van der Waals surface area contributed by atoms with Crippen LogP contribution in [0.3, 0.4) is 0 Å². The minimum Gasteiger partial charge on any atom is -0.291 e. The van der Waals surface area contributed by atoms with Gasteiger partial charge in [0.15, 0.2) is 5.78 Å². The van der Waals surface area contributed by atoms with Gasteiger partial charge in [0.05, 0.1) is 16.0 Å². The summed E-state index contributed by atoms with van der Waals surface area (Å²) in [6, 6.07) is 6.98. The number of rotatable bonds is 3. The molecule has 5 heteroatoms. The van der Waals surface area contributed by atoms with Crippen LogP contribution in [0.5, 0.6) is 0 Å². The first-order valence-corrected chi connectivity index (χ1v) is 6.06. The van der Waals surface area contributed by atoms with Crippen molar-refractivity contribution < 1.29 is 4.79 Å². The third-order valence-electron chi connectivity index (χ3n) is 2.27. The molecule has 1 atom stereocenters. The van der Waals surface area contributed by atoms with Crippen molar-refractivity contribution in [2.24, 2.45) is 0 Å². The number of hydrogen-bond donors (Lipinski definition) is 0. The van der Waals surface area contributed by atoms with Crippen LogP contribution in [0.25, 0.3) is 0 Å². The standard InChI is InChI=1S/C12H7ClN2OS/c13-10-3-6-17-12(10)11(16)9(7-14)8-1-4-15-5-2-8/h1-6,9H. The molecule has 0 aromatic carbocycles. The lowest BCUT2D eigenvalue weighted by molar-refractivity contribution is 0.0983. The quantitative estimate of drug-likeness (QED) is 0.798. The molecule has 0 spiro atoms. The number of carbonyl (C=O) groups excluding carboxylic acids is 1. The lowest BCUT2D eigenvalue weighted by Crippen LogP contribution is -2.10. The summed E-state index contributed by atoms with van der Waals surface area (Å²) in [5.41, 5.74) is 0.636. The van der Waals surface area contributed by atoms with Gasteiger partial charge in [0.2, 0.25) is 0 Å². The third-order valence-corrected chi connectivity index (χ3v) is 3.63. The van der Waals surface area contributed by atoms with Crippen LogP contribution in [0.15, 0.2) is 36.0 Å². The van der Waals surface area contributed by atoms with Crippen LogP contribution >= 0.6 is 22.9 Å². The van der Waals surface area contributed by atoms with Crippen LogP contribution in [0.2, 0.25) is 5.02 Å². The molecule has 0 aliphatic carbocycles. The van der Waals surface area contributed by atoms with Crippen molar-refractivity contribution >= 4 is 28.7 Å². The van der Waals surface area contributed by atoms with Gasteiger partial charge >= 0.3 is 0 Å². The fourth-order valence-electron chi connectivity index (χ4n) is 1.44. The molecule has 1 unspecified atom stereocenters. The number of nitriles is 1. The van der Waals surface area contributed by atoms with Crippen LogP contribution in [-0.2, 0) is 0 Å². The van der Waals surface area contributed by atoms with Crippen molar-refractivity contribution in [3.63, 3.8) is 0 Å². The van der Waals surface area contributed by atoms with E-state index in [9.17, 15) is 4.79 Å². The molecule has 2 heterocycles. The van der Waals surface area contributed by atoms with Gasteiger partial charge < -0.3 is 0 Å². The number of halogens is 1. The highest BCUT2D eigenvalue weighted by Crippen LogP contribution is 2.28. The van der Waals surface area contributed by atoms with E-state index in [1.165, 1.54) is 11.3 Å². The van der Waals surface area contributed by atoms with Gasteiger partial charge in [0.1, 0.15) is 5.92 Å². The van der Waals surface area contributed by atoms with E-state index in [0.29, 0.717) is 15.5 Å². The summed E-state index contributed by atoms with van der Waals surface area (Å²) in [4.78, 5) is 16.4. The summed E-state index contributed by atoms with van der Waals surface area (Å²) in [5.74, 6) is -1.09. The highest BCUT2D eigenvalue weighted by molar-refractivity contribution is 7.12. The Labute approximate surface area is 107 Å². The van der Waals surface area contributed by atoms with Gasteiger partial charge in [-0.15, -0.1) is 11.3 Å². The number of ketones is 1. The molecule has 2 rings (SSSR count). The summed E-state index contributed by atoms with van der Waals surface area (Å²) < 4.78 is 0. The fourth-order valence-corrected chi connectivity index (χ4v) is 2.56. The molecule has 17 heavy (non-hydrogen) atoms. The zero-order valence-electron chi connectivity index (χ0n) is 8.63. The van der Waals surface area contributed by atoms with Gasteiger partial charge in [0.25, 0.3) is 0 Å². The molecular formula is C12H7ClN2OS. The van der Waals surface area contributed by atoms with Crippen LogP contribution in [0, 0.1) is 11.3 Å². The largest absolute Gasteiger partial charge is 0.291 e. The van der Waals surface area contributed by atoms with E-state index in [1.54, 1.807) is 36.0 Å². The Morgan fingerprint density at radius 3 is 2.65 bits per heavy atom. The van der Waals surface area contributed by atoms with Crippen LogP contribution in [0.4, 0.5) is 0 Å². The SMILES string of the molecule is N#CC(C(=O)c1sccc1Cl)c1ccncc1. The monoisotopic (exact) mass is 262 g/mol. The van der Waals surface area contributed by atoms with Gasteiger partial charge in [-0.05, 0) is 29.1 Å². The van der Waals surface area contributed by atoms with Gasteiger partial charge in [-0.25, -0.2) is 0 Å². The Balaban J connectivity index is 2.36. The van der Waals surface area contributed by atoms with Crippen molar-refractivity contribution in [2.75, 3.05) is 0 Å². The minimum atomic E-state index is -0.825. The molecule has 0 saturated heterocycles. The number of carbonyl (C=O) groups is 1. The molecule has 0 amide bonds. The van der Waals surface area contributed by atoms with Gasteiger partial charge in [-0.2, -0.15) is 5.26 Å². The van der Waals surface area contributed by atoms with E-state index in [-0.39, 0.29) is 5.78 Å². The van der Waals surface area contributed by atoms with Crippen molar-refractivity contribution in [1.29, 1.82) is 5.26 Å². The number of nitrogens with zero attached hydrogens (tertiary/aromatic N) is 2. The lowest BCUT2D eigenvalue weighted by atomic mass is 9.96. The molecule has 0 bridgehead atoms. The smallest absolute Gasteiger partial charge is 0.195 e. The maximum atomic E-state index is 12.1. The van der Waals surface area contributed by atoms with Crippen LogP contribution < -0.4 is 0 Å². The van der Waals surface area contributed by atoms with Crippen molar-refractivity contribution in [1.82, 2.24) is 4.98 Å². The zero-order valence-corrected chi connectivity index (χ0v) is 10.2. The summed E-state index contributed by atoms with van der Waals surface area (Å²) in [7, 11) is 0. The average Bonchev–Trinajstić information content (AvgIpc) is 2.77. The van der Waals surface area contributed by atoms with Gasteiger partial charge in [-0.1, -0.05) is 11.6 Å². The van der Waals surface area contributed by atoms with E-state index in [0.717, 1.165) is 0 Å². The molecule has 2 aromatic rings. The minimum absolute atomic E-state index is 0.265. The number of hydrogen-bond acceptors (Lipinski definition) is 4. The molecule has 0 saturated carbocycles. The van der Waals surface area contributed by atoms with E-state index in [4.69, 9.17) is 16.9 Å². The lowest BCUT2D eigenvalue weighted by Gasteiger charge is -2.06. The van der Waals surface area contributed by atoms with E-state index >= 15 is 0 Å². The topological polar surface area (TPSA) is 53.8 Å². The number of thiophene rings is 1. The number of pyridine rings is 1. The van der Waals surface area contributed by atoms with Gasteiger partial charge in [-0.3, -0.25) is 9.78 Å². The van der Waals surface area contributed by atoms with Gasteiger partial charge in [0, 0.05) is 12.4 Å². The molecular weight excluding hydrogens is 256 g/mol. The van der Waals surface area contributed by atoms with Crippen molar-refractivity contribution in [3.8, 4) is 6.07 Å². The van der Waals surface area contributed by atoms with Crippen LogP contribution in [0.1, 0.15) is 21.2 Å². The first-order valence-electron chi connectivity index (χ1n) is 4.80. The molecule has 0 N–H and O–H groups in total. The second-order valence-corrected chi connectivity index (χ2v) is 4.63. The van der Waals surface area contributed by atoms with Crippen molar-refractivity contribution in [3.05, 3.63) is 51.4 Å². The maximum Gasteiger partial charge on any atom is 0.195 e. The molecule has 0 aliphatic heterocycles. The van der Waals surface area contributed by atoms with E-state index in [1.807, 2.05) is 6.07 Å². The van der Waals surface area contributed by atoms with E-state index in [2.05, 4.69) is 4.98 Å². The first kappa shape index (κ1) is 11.8. The Kier molecular flexibility index (Phi) is 3.52. The average molecular weight is 263 g/mol. The third kappa shape index (κ3) is 2.36. The first-order chi connectivity index (χ1) is 8.24. The van der Waals surface area contributed by atoms with Crippen LogP contribution in [-0.4, -0.2) is 10.8 Å². The molecule has 3 nitrogen and oxygen atoms in total. The molecule has 84 valence electrons. The molecule has 0 aliphatic rings. The Hall–Kier alpha value is -1.70. The summed E-state index contributed by atoms with van der Waals surface area (Å²) in [6.45, 7) is 0. The Bertz CT molecular complexity index is 574. The van der Waals surface area contributed by atoms with E-state index < -0.39 is 5.92 Å². The summed E-state index contributed by atoms with van der Waals surface area (Å²) in [5, 5.41) is 11.2. The number of Topliss-reactive ketones (excluding diaryl/α,β-unsaturated/α-hetero) is 1. The highest BCUT2D eigenvalue weighted by atomic mass is 35.5. The molecule has 0 radical (unpaired) electrons. The fraction of sp³-hybridized carbons (Fsp3) is 0.0833. The molecule has 2 aromatic heterocycles. The molecule has 0 fully saturated rings. The second kappa shape index (κ2) is 5.09. The number of aromatic nitrogens is 1. The summed E-state index contributed by atoms with van der Waals surface area (Å²) in [6.07, 6.45) is 3.12. The normalized spacial score (nSPS) is 11.8. The maximum absolute atomic E-state index is 12.1. The zero-order chi connectivity index (χ0) is 12.3. The highest BCUT2D eigenvalue weighted by Gasteiger charge is 2.24. The Morgan fingerprint density at radius 1 is 1.41 bits per heavy atom. The predicted molar refractivity (Wildman–Crippen MR) is 66.3 cm³/mol. The Morgan fingerprint density at radius 2 is 2.12 bits per heavy atom. The summed E-state index contributed by atoms with van der Waals surface area (Å²) >= 11 is 7.14. The second-order valence-electron chi connectivity index (χ2n) is 3.30. The van der Waals surface area contributed by atoms with Crippen molar-refractivity contribution in [2.45, 2.75) is 5.92 Å². The predicted octanol–water partition coefficient (Wildman–Crippen LogP) is 3.29.